The van der Waals surface area contributed by atoms with Crippen molar-refractivity contribution in [3.63, 3.8) is 0 Å². The minimum atomic E-state index is -1.12. The van der Waals surface area contributed by atoms with Crippen LogP contribution in [-0.4, -0.2) is 10.1 Å². The molecule has 3 rings (SSSR count). The predicted octanol–water partition coefficient (Wildman–Crippen LogP) is 3.40. The van der Waals surface area contributed by atoms with Crippen LogP contribution in [0.1, 0.15) is 0 Å². The Bertz CT molecular complexity index is 794. The zero-order valence-electron chi connectivity index (χ0n) is 10.5. The highest BCUT2D eigenvalue weighted by Crippen LogP contribution is 2.29. The van der Waals surface area contributed by atoms with Crippen LogP contribution in [0, 0.1) is 17.5 Å². The van der Waals surface area contributed by atoms with Gasteiger partial charge in [0.15, 0.2) is 0 Å². The smallest absolute Gasteiger partial charge is 0.264 e. The molecule has 21 heavy (non-hydrogen) atoms. The summed E-state index contributed by atoms with van der Waals surface area (Å²) in [6, 6.07) is 7.78. The van der Waals surface area contributed by atoms with Crippen LogP contribution in [0.2, 0.25) is 0 Å². The van der Waals surface area contributed by atoms with Crippen molar-refractivity contribution in [1.29, 1.82) is 0 Å². The fourth-order valence-corrected chi connectivity index (χ4v) is 1.88. The molecule has 0 atom stereocenters. The molecule has 0 fully saturated rings. The molecule has 3 aromatic rings. The summed E-state index contributed by atoms with van der Waals surface area (Å²) < 4.78 is 45.0. The van der Waals surface area contributed by atoms with E-state index in [-0.39, 0.29) is 11.7 Å². The van der Waals surface area contributed by atoms with Crippen molar-refractivity contribution in [2.24, 2.45) is 0 Å². The van der Waals surface area contributed by atoms with Gasteiger partial charge in [0.25, 0.3) is 5.89 Å². The van der Waals surface area contributed by atoms with Crippen LogP contribution in [0.25, 0.3) is 22.8 Å². The molecule has 4 nitrogen and oxygen atoms in total. The van der Waals surface area contributed by atoms with Crippen molar-refractivity contribution in [2.75, 3.05) is 5.73 Å². The van der Waals surface area contributed by atoms with E-state index in [1.54, 1.807) is 24.3 Å². The first-order valence-corrected chi connectivity index (χ1v) is 5.90. The lowest BCUT2D eigenvalue weighted by molar-refractivity contribution is 0.425. The van der Waals surface area contributed by atoms with Gasteiger partial charge in [0.2, 0.25) is 5.82 Å². The Morgan fingerprint density at radius 2 is 1.67 bits per heavy atom. The van der Waals surface area contributed by atoms with Gasteiger partial charge in [0, 0.05) is 23.4 Å². The van der Waals surface area contributed by atoms with Crippen molar-refractivity contribution < 1.29 is 17.7 Å². The van der Waals surface area contributed by atoms with Gasteiger partial charge < -0.3 is 10.3 Å². The van der Waals surface area contributed by atoms with E-state index in [4.69, 9.17) is 10.3 Å². The summed E-state index contributed by atoms with van der Waals surface area (Å²) in [5.74, 6) is -3.57. The van der Waals surface area contributed by atoms with Crippen LogP contribution in [0.3, 0.4) is 0 Å². The van der Waals surface area contributed by atoms with E-state index in [1.165, 1.54) is 0 Å². The maximum absolute atomic E-state index is 13.7. The third kappa shape index (κ3) is 2.33. The number of halogens is 3. The maximum atomic E-state index is 13.7. The highest BCUT2D eigenvalue weighted by Gasteiger charge is 2.20. The number of para-hydroxylation sites is 1. The summed E-state index contributed by atoms with van der Waals surface area (Å²) >= 11 is 0. The molecule has 0 aliphatic rings. The standard InChI is InChI=1S/C14H8F3N3O/c15-7-5-9(16)12(10(17)6-7)14-19-13(20-21-14)8-3-1-2-4-11(8)18/h1-6H,18H2. The highest BCUT2D eigenvalue weighted by molar-refractivity contribution is 5.72. The first-order chi connectivity index (χ1) is 10.1. The van der Waals surface area contributed by atoms with Gasteiger partial charge in [-0.3, -0.25) is 0 Å². The van der Waals surface area contributed by atoms with E-state index < -0.39 is 23.0 Å². The minimum absolute atomic E-state index is 0.0891. The van der Waals surface area contributed by atoms with Crippen LogP contribution < -0.4 is 5.73 Å². The Morgan fingerprint density at radius 1 is 1.00 bits per heavy atom. The van der Waals surface area contributed by atoms with Crippen LogP contribution in [0.4, 0.5) is 18.9 Å². The first-order valence-electron chi connectivity index (χ1n) is 5.90. The average molecular weight is 291 g/mol. The number of aromatic nitrogens is 2. The third-order valence-electron chi connectivity index (χ3n) is 2.85. The maximum Gasteiger partial charge on any atom is 0.264 e. The van der Waals surface area contributed by atoms with Crippen molar-refractivity contribution in [3.8, 4) is 22.8 Å². The zero-order valence-corrected chi connectivity index (χ0v) is 10.5. The Kier molecular flexibility index (Phi) is 3.09. The van der Waals surface area contributed by atoms with E-state index in [0.717, 1.165) is 0 Å². The molecule has 0 bridgehead atoms. The Labute approximate surface area is 117 Å². The van der Waals surface area contributed by atoms with Crippen LogP contribution >= 0.6 is 0 Å². The van der Waals surface area contributed by atoms with Crippen LogP contribution in [0.15, 0.2) is 40.9 Å². The largest absolute Gasteiger partial charge is 0.398 e. The van der Waals surface area contributed by atoms with Gasteiger partial charge in [-0.25, -0.2) is 13.2 Å². The normalized spacial score (nSPS) is 10.8. The number of anilines is 1. The number of nitrogens with zero attached hydrogens (tertiary/aromatic N) is 2. The topological polar surface area (TPSA) is 64.9 Å². The van der Waals surface area contributed by atoms with Gasteiger partial charge in [0.1, 0.15) is 23.0 Å². The lowest BCUT2D eigenvalue weighted by Gasteiger charge is -2.00. The molecule has 0 radical (unpaired) electrons. The molecule has 0 saturated carbocycles. The number of nitrogens with two attached hydrogens (primary N) is 1. The van der Waals surface area contributed by atoms with Crippen molar-refractivity contribution >= 4 is 5.69 Å². The summed E-state index contributed by atoms with van der Waals surface area (Å²) in [4.78, 5) is 3.90. The molecule has 1 heterocycles. The molecule has 0 aliphatic heterocycles. The average Bonchev–Trinajstić information content (AvgIpc) is 2.87. The summed E-state index contributed by atoms with van der Waals surface area (Å²) in [5, 5.41) is 3.64. The van der Waals surface area contributed by atoms with Gasteiger partial charge in [-0.15, -0.1) is 0 Å². The van der Waals surface area contributed by atoms with E-state index in [1.807, 2.05) is 0 Å². The number of benzene rings is 2. The summed E-state index contributed by atoms with van der Waals surface area (Å²) in [7, 11) is 0. The number of hydrogen-bond donors (Lipinski definition) is 1. The summed E-state index contributed by atoms with van der Waals surface area (Å²) in [5.41, 5.74) is 6.04. The molecule has 0 amide bonds. The van der Waals surface area contributed by atoms with Gasteiger partial charge in [-0.2, -0.15) is 4.98 Å². The quantitative estimate of drug-likeness (QED) is 0.735. The molecule has 0 unspecified atom stereocenters. The monoisotopic (exact) mass is 291 g/mol. The molecule has 1 aromatic heterocycles. The third-order valence-corrected chi connectivity index (χ3v) is 2.85. The fraction of sp³-hybridized carbons (Fsp3) is 0. The van der Waals surface area contributed by atoms with Crippen molar-refractivity contribution in [3.05, 3.63) is 53.8 Å². The molecular weight excluding hydrogens is 283 g/mol. The summed E-state index contributed by atoms with van der Waals surface area (Å²) in [6.07, 6.45) is 0. The molecule has 0 aliphatic carbocycles. The Balaban J connectivity index is 2.10. The van der Waals surface area contributed by atoms with E-state index in [2.05, 4.69) is 10.1 Å². The Hall–Kier alpha value is -2.83. The van der Waals surface area contributed by atoms with E-state index in [9.17, 15) is 13.2 Å². The number of rotatable bonds is 2. The number of nitrogen functional groups attached to an aromatic ring is 1. The predicted molar refractivity (Wildman–Crippen MR) is 69.5 cm³/mol. The Morgan fingerprint density at radius 3 is 2.33 bits per heavy atom. The molecule has 0 saturated heterocycles. The van der Waals surface area contributed by atoms with Crippen LogP contribution in [0.5, 0.6) is 0 Å². The molecular formula is C14H8F3N3O. The second-order valence-electron chi connectivity index (χ2n) is 4.25. The van der Waals surface area contributed by atoms with Crippen molar-refractivity contribution in [1.82, 2.24) is 10.1 Å². The molecule has 2 aromatic carbocycles. The van der Waals surface area contributed by atoms with Crippen molar-refractivity contribution in [2.45, 2.75) is 0 Å². The summed E-state index contributed by atoms with van der Waals surface area (Å²) in [6.45, 7) is 0. The second kappa shape index (κ2) is 4.93. The van der Waals surface area contributed by atoms with Gasteiger partial charge >= 0.3 is 0 Å². The zero-order chi connectivity index (χ0) is 15.0. The highest BCUT2D eigenvalue weighted by atomic mass is 19.1. The molecule has 7 heteroatoms. The lowest BCUT2D eigenvalue weighted by atomic mass is 10.1. The van der Waals surface area contributed by atoms with E-state index in [0.29, 0.717) is 23.4 Å². The van der Waals surface area contributed by atoms with Gasteiger partial charge in [-0.1, -0.05) is 17.3 Å². The lowest BCUT2D eigenvalue weighted by Crippen LogP contribution is -1.93. The molecule has 0 spiro atoms. The van der Waals surface area contributed by atoms with Crippen LogP contribution in [-0.2, 0) is 0 Å². The number of hydrogen-bond acceptors (Lipinski definition) is 4. The van der Waals surface area contributed by atoms with Gasteiger partial charge in [-0.05, 0) is 12.1 Å². The van der Waals surface area contributed by atoms with E-state index >= 15 is 0 Å². The second-order valence-corrected chi connectivity index (χ2v) is 4.25. The fourth-order valence-electron chi connectivity index (χ4n) is 1.88. The molecule has 106 valence electrons. The molecule has 2 N–H and O–H groups in total. The van der Waals surface area contributed by atoms with Gasteiger partial charge in [0.05, 0.1) is 0 Å². The minimum Gasteiger partial charge on any atom is -0.398 e. The SMILES string of the molecule is Nc1ccccc1-c1noc(-c2c(F)cc(F)cc2F)n1. The first kappa shape index (κ1) is 13.2.